The first kappa shape index (κ1) is 12.6. The molecule has 18 heavy (non-hydrogen) atoms. The van der Waals surface area contributed by atoms with E-state index in [1.807, 2.05) is 0 Å². The third-order valence-corrected chi connectivity index (χ3v) is 3.31. The Balaban J connectivity index is 2.27. The van der Waals surface area contributed by atoms with E-state index in [1.54, 1.807) is 18.2 Å². The van der Waals surface area contributed by atoms with Crippen molar-refractivity contribution in [3.05, 3.63) is 59.7 Å². The van der Waals surface area contributed by atoms with Crippen LogP contribution in [0.1, 0.15) is 5.56 Å². The van der Waals surface area contributed by atoms with Crippen LogP contribution in [0.25, 0.3) is 0 Å². The first-order chi connectivity index (χ1) is 8.56. The normalized spacial score (nSPS) is 10.3. The summed E-state index contributed by atoms with van der Waals surface area (Å²) in [5, 5.41) is 7.21. The van der Waals surface area contributed by atoms with E-state index in [9.17, 15) is 8.78 Å². The van der Waals surface area contributed by atoms with Crippen molar-refractivity contribution in [2.75, 3.05) is 0 Å². The van der Waals surface area contributed by atoms with Gasteiger partial charge in [0, 0.05) is 15.4 Å². The van der Waals surface area contributed by atoms with Gasteiger partial charge in [-0.1, -0.05) is 17.8 Å². The van der Waals surface area contributed by atoms with Gasteiger partial charge >= 0.3 is 0 Å². The van der Waals surface area contributed by atoms with E-state index in [-0.39, 0.29) is 11.7 Å². The summed E-state index contributed by atoms with van der Waals surface area (Å²) in [5.74, 6) is -1.02. The number of hydrogen-bond donors (Lipinski definition) is 2. The van der Waals surface area contributed by atoms with Gasteiger partial charge in [0.05, 0.1) is 0 Å². The second-order valence-corrected chi connectivity index (χ2v) is 4.73. The monoisotopic (exact) mass is 264 g/mol. The van der Waals surface area contributed by atoms with Gasteiger partial charge < -0.3 is 5.73 Å². The number of nitrogens with one attached hydrogen (secondary N) is 1. The first-order valence-corrected chi connectivity index (χ1v) is 5.95. The van der Waals surface area contributed by atoms with Gasteiger partial charge in [-0.3, -0.25) is 5.41 Å². The minimum absolute atomic E-state index is 0.184. The maximum absolute atomic E-state index is 13.7. The standard InChI is InChI=1S/C13H10F2N2S/c14-9-2-1-3-10(7-9)18-12-5-4-8(13(16)17)6-11(12)15/h1-7H,(H3,16,17). The van der Waals surface area contributed by atoms with Crippen molar-refractivity contribution in [1.29, 1.82) is 5.41 Å². The minimum Gasteiger partial charge on any atom is -0.384 e. The molecule has 0 aliphatic carbocycles. The zero-order valence-corrected chi connectivity index (χ0v) is 10.1. The molecule has 0 amide bonds. The van der Waals surface area contributed by atoms with Gasteiger partial charge in [0.15, 0.2) is 0 Å². The molecule has 0 unspecified atom stereocenters. The maximum atomic E-state index is 13.7. The second kappa shape index (κ2) is 5.18. The third kappa shape index (κ3) is 2.87. The van der Waals surface area contributed by atoms with Gasteiger partial charge in [0.2, 0.25) is 0 Å². The number of hydrogen-bond acceptors (Lipinski definition) is 2. The highest BCUT2D eigenvalue weighted by Crippen LogP contribution is 2.30. The summed E-state index contributed by atoms with van der Waals surface area (Å²) in [4.78, 5) is 0.982. The first-order valence-electron chi connectivity index (χ1n) is 5.13. The molecule has 2 rings (SSSR count). The largest absolute Gasteiger partial charge is 0.384 e. The van der Waals surface area contributed by atoms with Crippen LogP contribution in [-0.4, -0.2) is 5.84 Å². The Bertz CT molecular complexity index is 599. The van der Waals surface area contributed by atoms with Crippen molar-refractivity contribution in [3.8, 4) is 0 Å². The van der Waals surface area contributed by atoms with E-state index in [2.05, 4.69) is 0 Å². The zero-order chi connectivity index (χ0) is 13.1. The quantitative estimate of drug-likeness (QED) is 0.659. The fourth-order valence-corrected chi connectivity index (χ4v) is 2.27. The molecule has 2 aromatic carbocycles. The van der Waals surface area contributed by atoms with Crippen LogP contribution < -0.4 is 5.73 Å². The van der Waals surface area contributed by atoms with E-state index < -0.39 is 5.82 Å². The molecule has 2 aromatic rings. The molecule has 0 radical (unpaired) electrons. The van der Waals surface area contributed by atoms with Crippen LogP contribution in [0.5, 0.6) is 0 Å². The summed E-state index contributed by atoms with van der Waals surface area (Å²) in [6, 6.07) is 10.2. The zero-order valence-electron chi connectivity index (χ0n) is 9.28. The molecular weight excluding hydrogens is 254 g/mol. The lowest BCUT2D eigenvalue weighted by atomic mass is 10.2. The van der Waals surface area contributed by atoms with Crippen LogP contribution >= 0.6 is 11.8 Å². The van der Waals surface area contributed by atoms with E-state index in [1.165, 1.54) is 24.3 Å². The molecule has 0 aliphatic rings. The highest BCUT2D eigenvalue weighted by molar-refractivity contribution is 7.99. The number of halogens is 2. The van der Waals surface area contributed by atoms with Crippen LogP contribution in [0, 0.1) is 17.0 Å². The number of benzene rings is 2. The molecule has 0 aromatic heterocycles. The average molecular weight is 264 g/mol. The van der Waals surface area contributed by atoms with Crippen molar-refractivity contribution in [3.63, 3.8) is 0 Å². The number of nitrogens with two attached hydrogens (primary N) is 1. The van der Waals surface area contributed by atoms with Crippen LogP contribution in [0.3, 0.4) is 0 Å². The van der Waals surface area contributed by atoms with Crippen molar-refractivity contribution in [2.24, 2.45) is 5.73 Å². The average Bonchev–Trinajstić information content (AvgIpc) is 2.31. The lowest BCUT2D eigenvalue weighted by molar-refractivity contribution is 0.601. The topological polar surface area (TPSA) is 49.9 Å². The fraction of sp³-hybridized carbons (Fsp3) is 0. The molecule has 0 atom stereocenters. The number of rotatable bonds is 3. The Morgan fingerprint density at radius 2 is 1.89 bits per heavy atom. The molecule has 0 fully saturated rings. The summed E-state index contributed by atoms with van der Waals surface area (Å²) in [5.41, 5.74) is 5.60. The summed E-state index contributed by atoms with van der Waals surface area (Å²) < 4.78 is 26.7. The van der Waals surface area contributed by atoms with Crippen molar-refractivity contribution >= 4 is 17.6 Å². The van der Waals surface area contributed by atoms with E-state index in [4.69, 9.17) is 11.1 Å². The predicted octanol–water partition coefficient (Wildman–Crippen LogP) is 3.40. The molecule has 5 heteroatoms. The lowest BCUT2D eigenvalue weighted by Crippen LogP contribution is -2.11. The Morgan fingerprint density at radius 3 is 2.50 bits per heavy atom. The van der Waals surface area contributed by atoms with Gasteiger partial charge in [0.1, 0.15) is 17.5 Å². The highest BCUT2D eigenvalue weighted by atomic mass is 32.2. The number of amidine groups is 1. The SMILES string of the molecule is N=C(N)c1ccc(Sc2cccc(F)c2)c(F)c1. The second-order valence-electron chi connectivity index (χ2n) is 3.62. The Hall–Kier alpha value is -1.88. The van der Waals surface area contributed by atoms with E-state index in [0.29, 0.717) is 15.4 Å². The highest BCUT2D eigenvalue weighted by Gasteiger charge is 2.07. The smallest absolute Gasteiger partial charge is 0.137 e. The van der Waals surface area contributed by atoms with Crippen molar-refractivity contribution in [2.45, 2.75) is 9.79 Å². The Labute approximate surface area is 107 Å². The maximum Gasteiger partial charge on any atom is 0.137 e. The van der Waals surface area contributed by atoms with Gasteiger partial charge in [-0.15, -0.1) is 0 Å². The van der Waals surface area contributed by atoms with Gasteiger partial charge in [-0.25, -0.2) is 8.78 Å². The predicted molar refractivity (Wildman–Crippen MR) is 67.9 cm³/mol. The lowest BCUT2D eigenvalue weighted by Gasteiger charge is -2.05. The number of nitrogen functional groups attached to an aromatic ring is 1. The summed E-state index contributed by atoms with van der Waals surface area (Å²) in [6.45, 7) is 0. The van der Waals surface area contributed by atoms with Crippen LogP contribution in [-0.2, 0) is 0 Å². The molecule has 0 saturated carbocycles. The van der Waals surface area contributed by atoms with Gasteiger partial charge in [0.25, 0.3) is 0 Å². The Kier molecular flexibility index (Phi) is 3.62. The molecule has 2 nitrogen and oxygen atoms in total. The summed E-state index contributed by atoms with van der Waals surface area (Å²) in [6.07, 6.45) is 0. The summed E-state index contributed by atoms with van der Waals surface area (Å²) >= 11 is 1.12. The van der Waals surface area contributed by atoms with Crippen LogP contribution in [0.4, 0.5) is 8.78 Å². The molecule has 0 saturated heterocycles. The molecule has 0 bridgehead atoms. The molecule has 0 spiro atoms. The molecule has 0 aliphatic heterocycles. The Morgan fingerprint density at radius 1 is 1.11 bits per heavy atom. The van der Waals surface area contributed by atoms with E-state index in [0.717, 1.165) is 11.8 Å². The molecule has 3 N–H and O–H groups in total. The van der Waals surface area contributed by atoms with Crippen LogP contribution in [0.15, 0.2) is 52.3 Å². The van der Waals surface area contributed by atoms with Crippen molar-refractivity contribution in [1.82, 2.24) is 0 Å². The summed E-state index contributed by atoms with van der Waals surface area (Å²) in [7, 11) is 0. The van der Waals surface area contributed by atoms with Gasteiger partial charge in [-0.2, -0.15) is 0 Å². The minimum atomic E-state index is -0.475. The fourth-order valence-electron chi connectivity index (χ4n) is 1.41. The van der Waals surface area contributed by atoms with Crippen molar-refractivity contribution < 1.29 is 8.78 Å². The third-order valence-electron chi connectivity index (χ3n) is 2.27. The molecule has 92 valence electrons. The molecule has 0 heterocycles. The van der Waals surface area contributed by atoms with Gasteiger partial charge in [-0.05, 0) is 36.4 Å². The molecular formula is C13H10F2N2S. The van der Waals surface area contributed by atoms with Crippen LogP contribution in [0.2, 0.25) is 0 Å². The van der Waals surface area contributed by atoms with E-state index >= 15 is 0 Å².